The fraction of sp³-hybridized carbons (Fsp3) is 0.235. The molecular formula is C17H18N2O6S. The Labute approximate surface area is 151 Å². The molecule has 0 bridgehead atoms. The lowest BCUT2D eigenvalue weighted by atomic mass is 10.1. The van der Waals surface area contributed by atoms with E-state index in [9.17, 15) is 23.3 Å². The second kappa shape index (κ2) is 7.52. The van der Waals surface area contributed by atoms with Crippen molar-refractivity contribution in [1.29, 1.82) is 0 Å². The zero-order valence-corrected chi connectivity index (χ0v) is 15.3. The minimum absolute atomic E-state index is 0.195. The van der Waals surface area contributed by atoms with Gasteiger partial charge in [0.15, 0.2) is 0 Å². The molecule has 0 unspecified atom stereocenters. The number of rotatable bonds is 6. The minimum Gasteiger partial charge on any atom is -0.462 e. The molecule has 0 fully saturated rings. The van der Waals surface area contributed by atoms with Crippen molar-refractivity contribution in [2.45, 2.75) is 25.7 Å². The first kappa shape index (κ1) is 19.4. The number of nitrogens with zero attached hydrogens (tertiary/aromatic N) is 1. The molecule has 138 valence electrons. The Morgan fingerprint density at radius 2 is 1.81 bits per heavy atom. The second-order valence-corrected chi connectivity index (χ2v) is 7.21. The number of hydrogen-bond acceptors (Lipinski definition) is 6. The van der Waals surface area contributed by atoms with E-state index in [0.717, 1.165) is 6.07 Å². The molecule has 0 aromatic heterocycles. The summed E-state index contributed by atoms with van der Waals surface area (Å²) in [5.41, 5.74) is 1.02. The van der Waals surface area contributed by atoms with Crippen molar-refractivity contribution in [2.24, 2.45) is 0 Å². The summed E-state index contributed by atoms with van der Waals surface area (Å²) in [5, 5.41) is 10.9. The van der Waals surface area contributed by atoms with Gasteiger partial charge in [-0.05, 0) is 44.0 Å². The normalized spacial score (nSPS) is 11.0. The molecule has 0 atom stereocenters. The van der Waals surface area contributed by atoms with Crippen molar-refractivity contribution in [3.8, 4) is 0 Å². The van der Waals surface area contributed by atoms with Gasteiger partial charge in [-0.1, -0.05) is 12.1 Å². The molecule has 2 aromatic rings. The van der Waals surface area contributed by atoms with Gasteiger partial charge >= 0.3 is 5.97 Å². The Kier molecular flexibility index (Phi) is 5.61. The van der Waals surface area contributed by atoms with Gasteiger partial charge in [-0.2, -0.15) is 0 Å². The average Bonchev–Trinajstić information content (AvgIpc) is 2.56. The van der Waals surface area contributed by atoms with Gasteiger partial charge in [0.1, 0.15) is 0 Å². The number of ether oxygens (including phenoxy) is 1. The molecule has 0 aliphatic heterocycles. The van der Waals surface area contributed by atoms with E-state index in [1.807, 2.05) is 0 Å². The quantitative estimate of drug-likeness (QED) is 0.469. The molecule has 8 nitrogen and oxygen atoms in total. The molecule has 0 saturated carbocycles. The van der Waals surface area contributed by atoms with Crippen LogP contribution in [0.1, 0.15) is 28.4 Å². The molecule has 0 saturated heterocycles. The van der Waals surface area contributed by atoms with Crippen LogP contribution in [-0.2, 0) is 14.8 Å². The number of anilines is 1. The lowest BCUT2D eigenvalue weighted by molar-refractivity contribution is -0.385. The average molecular weight is 378 g/mol. The molecule has 2 rings (SSSR count). The van der Waals surface area contributed by atoms with Gasteiger partial charge < -0.3 is 4.74 Å². The predicted octanol–water partition coefficient (Wildman–Crippen LogP) is 3.19. The lowest BCUT2D eigenvalue weighted by Gasteiger charge is -2.13. The zero-order valence-electron chi connectivity index (χ0n) is 14.5. The first-order chi connectivity index (χ1) is 12.2. The molecule has 0 spiro atoms. The van der Waals surface area contributed by atoms with Crippen LogP contribution in [-0.4, -0.2) is 25.9 Å². The fourth-order valence-electron chi connectivity index (χ4n) is 2.26. The number of hydrogen-bond donors (Lipinski definition) is 1. The van der Waals surface area contributed by atoms with Crippen molar-refractivity contribution in [1.82, 2.24) is 0 Å². The van der Waals surface area contributed by atoms with Gasteiger partial charge in [0.05, 0.1) is 27.7 Å². The lowest BCUT2D eigenvalue weighted by Crippen LogP contribution is -2.16. The third kappa shape index (κ3) is 4.17. The molecule has 0 amide bonds. The van der Waals surface area contributed by atoms with Crippen LogP contribution >= 0.6 is 0 Å². The van der Waals surface area contributed by atoms with Gasteiger partial charge in [0, 0.05) is 12.1 Å². The Morgan fingerprint density at radius 3 is 2.42 bits per heavy atom. The number of sulfonamides is 1. The summed E-state index contributed by atoms with van der Waals surface area (Å²) >= 11 is 0. The molecule has 26 heavy (non-hydrogen) atoms. The highest BCUT2D eigenvalue weighted by Gasteiger charge is 2.22. The number of nitro groups is 1. The summed E-state index contributed by atoms with van der Waals surface area (Å²) in [6, 6.07) is 8.10. The van der Waals surface area contributed by atoms with E-state index in [1.165, 1.54) is 24.3 Å². The molecule has 0 aliphatic carbocycles. The first-order valence-electron chi connectivity index (χ1n) is 7.71. The van der Waals surface area contributed by atoms with E-state index in [-0.39, 0.29) is 28.4 Å². The highest BCUT2D eigenvalue weighted by Crippen LogP contribution is 2.26. The summed E-state index contributed by atoms with van der Waals surface area (Å²) in [6.07, 6.45) is 0. The van der Waals surface area contributed by atoms with Gasteiger partial charge in [0.2, 0.25) is 0 Å². The summed E-state index contributed by atoms with van der Waals surface area (Å²) in [6.45, 7) is 5.08. The highest BCUT2D eigenvalue weighted by atomic mass is 32.2. The van der Waals surface area contributed by atoms with Crippen molar-refractivity contribution >= 4 is 27.4 Å². The van der Waals surface area contributed by atoms with E-state index in [4.69, 9.17) is 4.74 Å². The van der Waals surface area contributed by atoms with Gasteiger partial charge in [-0.3, -0.25) is 14.8 Å². The molecule has 1 N–H and O–H groups in total. The third-order valence-electron chi connectivity index (χ3n) is 3.67. The number of esters is 1. The maximum Gasteiger partial charge on any atom is 0.338 e. The van der Waals surface area contributed by atoms with Crippen LogP contribution in [0.4, 0.5) is 11.4 Å². The maximum atomic E-state index is 12.7. The van der Waals surface area contributed by atoms with Crippen LogP contribution in [0.3, 0.4) is 0 Å². The molecular weight excluding hydrogens is 360 g/mol. The predicted molar refractivity (Wildman–Crippen MR) is 95.8 cm³/mol. The van der Waals surface area contributed by atoms with E-state index >= 15 is 0 Å². The third-order valence-corrected chi connectivity index (χ3v) is 5.17. The summed E-state index contributed by atoms with van der Waals surface area (Å²) in [5.74, 6) is -0.570. The number of carbonyl (C=O) groups is 1. The number of non-ortho nitro benzene ring substituents is 1. The summed E-state index contributed by atoms with van der Waals surface area (Å²) < 4.78 is 32.7. The van der Waals surface area contributed by atoms with E-state index in [1.54, 1.807) is 26.8 Å². The smallest absolute Gasteiger partial charge is 0.338 e. The number of nitrogens with one attached hydrogen (secondary N) is 1. The minimum atomic E-state index is -4.08. The van der Waals surface area contributed by atoms with Crippen LogP contribution in [0.5, 0.6) is 0 Å². The Bertz CT molecular complexity index is 969. The van der Waals surface area contributed by atoms with Gasteiger partial charge in [0.25, 0.3) is 15.7 Å². The van der Waals surface area contributed by atoms with Gasteiger partial charge in [-0.25, -0.2) is 13.2 Å². The highest BCUT2D eigenvalue weighted by molar-refractivity contribution is 7.92. The summed E-state index contributed by atoms with van der Waals surface area (Å²) in [7, 11) is -4.08. The van der Waals surface area contributed by atoms with Crippen LogP contribution in [0, 0.1) is 24.0 Å². The van der Waals surface area contributed by atoms with E-state index in [0.29, 0.717) is 11.1 Å². The summed E-state index contributed by atoms with van der Waals surface area (Å²) in [4.78, 5) is 21.9. The maximum absolute atomic E-state index is 12.7. The topological polar surface area (TPSA) is 116 Å². The van der Waals surface area contributed by atoms with Crippen LogP contribution < -0.4 is 4.72 Å². The Balaban J connectivity index is 2.44. The van der Waals surface area contributed by atoms with Crippen LogP contribution in [0.15, 0.2) is 41.3 Å². The van der Waals surface area contributed by atoms with Crippen molar-refractivity contribution < 1.29 is 22.9 Å². The monoisotopic (exact) mass is 378 g/mol. The SMILES string of the molecule is CCOC(=O)c1ccc(C)c(NS(=O)(=O)c2cc([N+](=O)[O-])ccc2C)c1. The van der Waals surface area contributed by atoms with Crippen molar-refractivity contribution in [3.05, 3.63) is 63.2 Å². The standard InChI is InChI=1S/C17H18N2O6S/c1-4-25-17(20)13-7-5-11(2)15(9-13)18-26(23,24)16-10-14(19(21)22)8-6-12(16)3/h5-10,18H,4H2,1-3H3. The molecule has 0 heterocycles. The van der Waals surface area contributed by atoms with Crippen LogP contribution in [0.2, 0.25) is 0 Å². The fourth-order valence-corrected chi connectivity index (χ4v) is 3.65. The van der Waals surface area contributed by atoms with E-state index in [2.05, 4.69) is 4.72 Å². The molecule has 2 aromatic carbocycles. The number of carbonyl (C=O) groups excluding carboxylic acids is 1. The van der Waals surface area contributed by atoms with Crippen molar-refractivity contribution in [2.75, 3.05) is 11.3 Å². The number of nitro benzene ring substituents is 1. The Morgan fingerprint density at radius 1 is 1.15 bits per heavy atom. The second-order valence-electron chi connectivity index (χ2n) is 5.56. The van der Waals surface area contributed by atoms with Crippen molar-refractivity contribution in [3.63, 3.8) is 0 Å². The largest absolute Gasteiger partial charge is 0.462 e. The molecule has 0 aliphatic rings. The number of aryl methyl sites for hydroxylation is 2. The molecule has 9 heteroatoms. The van der Waals surface area contributed by atoms with E-state index < -0.39 is 20.9 Å². The first-order valence-corrected chi connectivity index (χ1v) is 9.19. The molecule has 0 radical (unpaired) electrons. The number of benzene rings is 2. The Hall–Kier alpha value is -2.94. The van der Waals surface area contributed by atoms with Crippen LogP contribution in [0.25, 0.3) is 0 Å². The van der Waals surface area contributed by atoms with Gasteiger partial charge in [-0.15, -0.1) is 0 Å². The zero-order chi connectivity index (χ0) is 19.5.